The molecule has 1 aromatic rings. The van der Waals surface area contributed by atoms with Crippen molar-refractivity contribution in [3.05, 3.63) is 29.3 Å². The molecule has 0 aromatic heterocycles. The number of hydrogen-bond donors (Lipinski definition) is 1. The normalized spacial score (nSPS) is 24.1. The van der Waals surface area contributed by atoms with Gasteiger partial charge in [0.2, 0.25) is 0 Å². The summed E-state index contributed by atoms with van der Waals surface area (Å²) in [6.45, 7) is 7.11. The van der Waals surface area contributed by atoms with Gasteiger partial charge in [0.05, 0.1) is 5.56 Å². The Morgan fingerprint density at radius 2 is 2.06 bits per heavy atom. The Morgan fingerprint density at radius 1 is 1.33 bits per heavy atom. The fourth-order valence-electron chi connectivity index (χ4n) is 2.70. The summed E-state index contributed by atoms with van der Waals surface area (Å²) in [4.78, 5) is 14.6. The number of nitrogens with two attached hydrogens (primary N) is 1. The van der Waals surface area contributed by atoms with Crippen molar-refractivity contribution in [2.24, 2.45) is 5.92 Å². The average Bonchev–Trinajstić information content (AvgIpc) is 2.32. The van der Waals surface area contributed by atoms with Crippen LogP contribution in [-0.4, -0.2) is 23.4 Å². The van der Waals surface area contributed by atoms with Gasteiger partial charge in [0.1, 0.15) is 0 Å². The Hall–Kier alpha value is -1.51. The van der Waals surface area contributed by atoms with Crippen LogP contribution < -0.4 is 5.73 Å². The number of nitrogens with zero attached hydrogens (tertiary/aromatic N) is 1. The van der Waals surface area contributed by atoms with Gasteiger partial charge in [-0.1, -0.05) is 19.1 Å². The molecular weight excluding hydrogens is 224 g/mol. The Labute approximate surface area is 109 Å². The van der Waals surface area contributed by atoms with Gasteiger partial charge in [-0.05, 0) is 44.2 Å². The van der Waals surface area contributed by atoms with Gasteiger partial charge in [-0.3, -0.25) is 4.79 Å². The predicted molar refractivity (Wildman–Crippen MR) is 74.5 cm³/mol. The van der Waals surface area contributed by atoms with E-state index in [1.165, 1.54) is 6.42 Å². The van der Waals surface area contributed by atoms with E-state index < -0.39 is 0 Å². The van der Waals surface area contributed by atoms with E-state index in [2.05, 4.69) is 13.8 Å². The van der Waals surface area contributed by atoms with Crippen molar-refractivity contribution < 1.29 is 4.79 Å². The summed E-state index contributed by atoms with van der Waals surface area (Å²) in [6.07, 6.45) is 2.28. The zero-order valence-electron chi connectivity index (χ0n) is 11.4. The van der Waals surface area contributed by atoms with Crippen LogP contribution in [0.3, 0.4) is 0 Å². The number of nitrogen functional groups attached to an aromatic ring is 1. The molecule has 1 aromatic carbocycles. The maximum Gasteiger partial charge on any atom is 0.256 e. The van der Waals surface area contributed by atoms with Crippen molar-refractivity contribution in [3.63, 3.8) is 0 Å². The Kier molecular flexibility index (Phi) is 3.60. The minimum absolute atomic E-state index is 0.0876. The Morgan fingerprint density at radius 3 is 2.72 bits per heavy atom. The highest BCUT2D eigenvalue weighted by molar-refractivity contribution is 6.00. The fraction of sp³-hybridized carbons (Fsp3) is 0.533. The van der Waals surface area contributed by atoms with E-state index in [9.17, 15) is 4.79 Å². The largest absolute Gasteiger partial charge is 0.398 e. The number of rotatable bonds is 1. The third-order valence-corrected chi connectivity index (χ3v) is 3.90. The summed E-state index contributed by atoms with van der Waals surface area (Å²) >= 11 is 0. The maximum absolute atomic E-state index is 12.6. The number of hydrogen-bond acceptors (Lipinski definition) is 2. The second-order valence-electron chi connectivity index (χ2n) is 5.53. The van der Waals surface area contributed by atoms with E-state index >= 15 is 0 Å². The predicted octanol–water partition coefficient (Wildman–Crippen LogP) is 2.84. The van der Waals surface area contributed by atoms with Crippen LogP contribution in [-0.2, 0) is 0 Å². The molecule has 2 unspecified atom stereocenters. The lowest BCUT2D eigenvalue weighted by Crippen LogP contribution is -2.45. The summed E-state index contributed by atoms with van der Waals surface area (Å²) in [5, 5.41) is 0. The first-order chi connectivity index (χ1) is 8.50. The summed E-state index contributed by atoms with van der Waals surface area (Å²) in [6, 6.07) is 5.96. The maximum atomic E-state index is 12.6. The minimum Gasteiger partial charge on any atom is -0.398 e. The van der Waals surface area contributed by atoms with E-state index in [0.717, 1.165) is 18.5 Å². The molecule has 98 valence electrons. The molecular formula is C15H22N2O. The molecule has 3 heteroatoms. The van der Waals surface area contributed by atoms with E-state index in [-0.39, 0.29) is 5.91 Å². The van der Waals surface area contributed by atoms with Crippen LogP contribution in [0.15, 0.2) is 18.2 Å². The van der Waals surface area contributed by atoms with Gasteiger partial charge < -0.3 is 10.6 Å². The number of aryl methyl sites for hydroxylation is 1. The van der Waals surface area contributed by atoms with Crippen molar-refractivity contribution in [1.29, 1.82) is 0 Å². The van der Waals surface area contributed by atoms with Crippen LogP contribution in [0.25, 0.3) is 0 Å². The number of carbonyl (C=O) groups is 1. The van der Waals surface area contributed by atoms with Gasteiger partial charge in [-0.15, -0.1) is 0 Å². The second kappa shape index (κ2) is 5.01. The molecule has 0 bridgehead atoms. The second-order valence-corrected chi connectivity index (χ2v) is 5.53. The summed E-state index contributed by atoms with van der Waals surface area (Å²) < 4.78 is 0. The molecule has 1 fully saturated rings. The van der Waals surface area contributed by atoms with Gasteiger partial charge in [-0.2, -0.15) is 0 Å². The highest BCUT2D eigenvalue weighted by Crippen LogP contribution is 2.26. The number of anilines is 1. The molecule has 3 nitrogen and oxygen atoms in total. The summed E-state index contributed by atoms with van der Waals surface area (Å²) in [5.74, 6) is 0.667. The zero-order valence-corrected chi connectivity index (χ0v) is 11.4. The molecule has 2 N–H and O–H groups in total. The standard InChI is InChI=1S/C15H22N2O/c1-10-7-8-12(3)17(9-10)15(18)14-11(2)5-4-6-13(14)16/h4-6,10,12H,7-9,16H2,1-3H3. The number of carbonyl (C=O) groups excluding carboxylic acids is 1. The molecule has 1 aliphatic rings. The Bertz CT molecular complexity index is 436. The molecule has 0 saturated carbocycles. The minimum atomic E-state index is 0.0876. The van der Waals surface area contributed by atoms with Crippen LogP contribution in [0, 0.1) is 12.8 Å². The number of benzene rings is 1. The first-order valence-electron chi connectivity index (χ1n) is 6.66. The fourth-order valence-corrected chi connectivity index (χ4v) is 2.70. The van der Waals surface area contributed by atoms with Gasteiger partial charge in [0.25, 0.3) is 5.91 Å². The molecule has 1 heterocycles. The molecule has 1 amide bonds. The van der Waals surface area contributed by atoms with Gasteiger partial charge in [0, 0.05) is 18.3 Å². The number of amides is 1. The van der Waals surface area contributed by atoms with Crippen LogP contribution >= 0.6 is 0 Å². The lowest BCUT2D eigenvalue weighted by atomic mass is 9.93. The van der Waals surface area contributed by atoms with Crippen molar-refractivity contribution >= 4 is 11.6 Å². The lowest BCUT2D eigenvalue weighted by Gasteiger charge is -2.37. The highest BCUT2D eigenvalue weighted by atomic mass is 16.2. The quantitative estimate of drug-likeness (QED) is 0.774. The monoisotopic (exact) mass is 246 g/mol. The van der Waals surface area contributed by atoms with Crippen molar-refractivity contribution in [3.8, 4) is 0 Å². The van der Waals surface area contributed by atoms with Gasteiger partial charge >= 0.3 is 0 Å². The Balaban J connectivity index is 2.30. The van der Waals surface area contributed by atoms with Gasteiger partial charge in [-0.25, -0.2) is 0 Å². The van der Waals surface area contributed by atoms with Crippen LogP contribution in [0.4, 0.5) is 5.69 Å². The zero-order chi connectivity index (χ0) is 13.3. The molecule has 18 heavy (non-hydrogen) atoms. The molecule has 0 radical (unpaired) electrons. The van der Waals surface area contributed by atoms with Crippen molar-refractivity contribution in [2.45, 2.75) is 39.7 Å². The number of likely N-dealkylation sites (tertiary alicyclic amines) is 1. The summed E-state index contributed by atoms with van der Waals surface area (Å²) in [5.41, 5.74) is 8.19. The van der Waals surface area contributed by atoms with E-state index in [0.29, 0.717) is 23.2 Å². The topological polar surface area (TPSA) is 46.3 Å². The average molecular weight is 246 g/mol. The molecule has 1 saturated heterocycles. The SMILES string of the molecule is Cc1cccc(N)c1C(=O)N1CC(C)CCC1C. The van der Waals surface area contributed by atoms with E-state index in [4.69, 9.17) is 5.73 Å². The smallest absolute Gasteiger partial charge is 0.256 e. The van der Waals surface area contributed by atoms with Crippen molar-refractivity contribution in [1.82, 2.24) is 4.90 Å². The molecule has 0 aliphatic carbocycles. The van der Waals surface area contributed by atoms with Crippen LogP contribution in [0.2, 0.25) is 0 Å². The summed E-state index contributed by atoms with van der Waals surface area (Å²) in [7, 11) is 0. The highest BCUT2D eigenvalue weighted by Gasteiger charge is 2.29. The third kappa shape index (κ3) is 2.35. The molecule has 1 aliphatic heterocycles. The van der Waals surface area contributed by atoms with Crippen LogP contribution in [0.1, 0.15) is 42.6 Å². The van der Waals surface area contributed by atoms with Crippen molar-refractivity contribution in [2.75, 3.05) is 12.3 Å². The molecule has 2 atom stereocenters. The first kappa shape index (κ1) is 12.9. The number of piperidine rings is 1. The van der Waals surface area contributed by atoms with E-state index in [1.807, 2.05) is 24.0 Å². The third-order valence-electron chi connectivity index (χ3n) is 3.90. The first-order valence-corrected chi connectivity index (χ1v) is 6.66. The lowest BCUT2D eigenvalue weighted by molar-refractivity contribution is 0.0574. The molecule has 2 rings (SSSR count). The van der Waals surface area contributed by atoms with Crippen LogP contribution in [0.5, 0.6) is 0 Å². The van der Waals surface area contributed by atoms with Gasteiger partial charge in [0.15, 0.2) is 0 Å². The van der Waals surface area contributed by atoms with E-state index in [1.54, 1.807) is 6.07 Å². The molecule has 0 spiro atoms.